The first kappa shape index (κ1) is 20.8. The summed E-state index contributed by atoms with van der Waals surface area (Å²) in [6, 6.07) is 7.49. The Bertz CT molecular complexity index is 565. The smallest absolute Gasteiger partial charge is 0.252 e. The Kier molecular flexibility index (Phi) is 8.59. The number of carbonyl (C=O) groups excluding carboxylic acids is 2. The molecule has 5 nitrogen and oxygen atoms in total. The molecule has 0 heterocycles. The summed E-state index contributed by atoms with van der Waals surface area (Å²) in [6.07, 6.45) is 2.32. The van der Waals surface area contributed by atoms with Gasteiger partial charge in [-0.3, -0.25) is 9.59 Å². The summed E-state index contributed by atoms with van der Waals surface area (Å²) in [5, 5.41) is 5.75. The molecule has 24 heavy (non-hydrogen) atoms. The van der Waals surface area contributed by atoms with Crippen molar-refractivity contribution in [2.75, 3.05) is 12.3 Å². The summed E-state index contributed by atoms with van der Waals surface area (Å²) in [7, 11) is 0. The molecule has 0 spiro atoms. The standard InChI is InChI=1S/C17H25N3O2S.ClH/c1-11(2)20-16(21)10-23-15-6-4-3-5-13(15)17(22)19-9-14(18)12-7-8-12;/h3-6,11-12,14H,7-10,18H2,1-2H3,(H,19,22)(H,20,21);1H. The van der Waals surface area contributed by atoms with Crippen LogP contribution in [0.3, 0.4) is 0 Å². The van der Waals surface area contributed by atoms with E-state index in [1.54, 1.807) is 6.07 Å². The highest BCUT2D eigenvalue weighted by molar-refractivity contribution is 8.00. The predicted octanol–water partition coefficient (Wildman–Crippen LogP) is 2.19. The van der Waals surface area contributed by atoms with Crippen LogP contribution in [-0.2, 0) is 4.79 Å². The van der Waals surface area contributed by atoms with E-state index in [1.807, 2.05) is 32.0 Å². The molecule has 4 N–H and O–H groups in total. The molecule has 0 bridgehead atoms. The first-order valence-electron chi connectivity index (χ1n) is 8.02. The summed E-state index contributed by atoms with van der Waals surface area (Å²) in [5.41, 5.74) is 6.61. The van der Waals surface area contributed by atoms with E-state index in [2.05, 4.69) is 10.6 Å². The fraction of sp³-hybridized carbons (Fsp3) is 0.529. The van der Waals surface area contributed by atoms with Crippen LogP contribution in [0.1, 0.15) is 37.0 Å². The van der Waals surface area contributed by atoms with Crippen molar-refractivity contribution in [2.24, 2.45) is 11.7 Å². The monoisotopic (exact) mass is 371 g/mol. The van der Waals surface area contributed by atoms with E-state index in [1.165, 1.54) is 11.8 Å². The first-order valence-corrected chi connectivity index (χ1v) is 9.01. The third-order valence-electron chi connectivity index (χ3n) is 3.67. The number of halogens is 1. The van der Waals surface area contributed by atoms with Gasteiger partial charge in [-0.2, -0.15) is 0 Å². The van der Waals surface area contributed by atoms with E-state index >= 15 is 0 Å². The van der Waals surface area contributed by atoms with E-state index in [0.29, 0.717) is 23.8 Å². The number of nitrogens with one attached hydrogen (secondary N) is 2. The van der Waals surface area contributed by atoms with Gasteiger partial charge in [0.25, 0.3) is 5.91 Å². The Labute approximate surface area is 153 Å². The van der Waals surface area contributed by atoms with Gasteiger partial charge in [-0.1, -0.05) is 12.1 Å². The topological polar surface area (TPSA) is 84.2 Å². The van der Waals surface area contributed by atoms with E-state index in [4.69, 9.17) is 5.73 Å². The van der Waals surface area contributed by atoms with Crippen molar-refractivity contribution < 1.29 is 9.59 Å². The molecule has 1 aromatic carbocycles. The summed E-state index contributed by atoms with van der Waals surface area (Å²) in [5.74, 6) is 0.688. The van der Waals surface area contributed by atoms with Gasteiger partial charge in [-0.15, -0.1) is 24.2 Å². The maximum Gasteiger partial charge on any atom is 0.252 e. The van der Waals surface area contributed by atoms with Crippen molar-refractivity contribution in [3.05, 3.63) is 29.8 Å². The van der Waals surface area contributed by atoms with Crippen LogP contribution in [0.25, 0.3) is 0 Å². The molecule has 0 aliphatic heterocycles. The minimum absolute atomic E-state index is 0. The maximum atomic E-state index is 12.4. The van der Waals surface area contributed by atoms with E-state index in [-0.39, 0.29) is 36.3 Å². The fourth-order valence-electron chi connectivity index (χ4n) is 2.28. The molecule has 2 rings (SSSR count). The molecule has 7 heteroatoms. The summed E-state index contributed by atoms with van der Waals surface area (Å²) < 4.78 is 0. The van der Waals surface area contributed by atoms with Gasteiger partial charge in [0, 0.05) is 23.5 Å². The average Bonchev–Trinajstić information content (AvgIpc) is 3.34. The van der Waals surface area contributed by atoms with Crippen molar-refractivity contribution in [3.63, 3.8) is 0 Å². The number of carbonyl (C=O) groups is 2. The van der Waals surface area contributed by atoms with Crippen LogP contribution < -0.4 is 16.4 Å². The van der Waals surface area contributed by atoms with Crippen molar-refractivity contribution in [2.45, 2.75) is 43.7 Å². The molecule has 1 saturated carbocycles. The van der Waals surface area contributed by atoms with Gasteiger partial charge in [0.2, 0.25) is 5.91 Å². The molecule has 1 aliphatic rings. The quantitative estimate of drug-likeness (QED) is 0.611. The lowest BCUT2D eigenvalue weighted by atomic mass is 10.2. The first-order chi connectivity index (χ1) is 11.0. The number of amides is 2. The summed E-state index contributed by atoms with van der Waals surface area (Å²) in [4.78, 5) is 24.9. The van der Waals surface area contributed by atoms with Crippen molar-refractivity contribution >= 4 is 36.0 Å². The molecule has 1 unspecified atom stereocenters. The second kappa shape index (κ2) is 9.91. The minimum atomic E-state index is -0.131. The number of hydrogen-bond acceptors (Lipinski definition) is 4. The third-order valence-corrected chi connectivity index (χ3v) is 4.74. The Morgan fingerprint density at radius 1 is 1.29 bits per heavy atom. The van der Waals surface area contributed by atoms with Crippen molar-refractivity contribution in [3.8, 4) is 0 Å². The van der Waals surface area contributed by atoms with Crippen LogP contribution in [0, 0.1) is 5.92 Å². The molecule has 134 valence electrons. The average molecular weight is 372 g/mol. The van der Waals surface area contributed by atoms with Gasteiger partial charge in [0.15, 0.2) is 0 Å². The van der Waals surface area contributed by atoms with Gasteiger partial charge in [0.1, 0.15) is 0 Å². The zero-order chi connectivity index (χ0) is 16.8. The van der Waals surface area contributed by atoms with Gasteiger partial charge in [0.05, 0.1) is 11.3 Å². The fourth-order valence-corrected chi connectivity index (χ4v) is 3.14. The second-order valence-electron chi connectivity index (χ2n) is 6.22. The Hall–Kier alpha value is -1.24. The zero-order valence-electron chi connectivity index (χ0n) is 14.1. The number of benzene rings is 1. The molecular weight excluding hydrogens is 346 g/mol. The SMILES string of the molecule is CC(C)NC(=O)CSc1ccccc1C(=O)NCC(N)C1CC1.Cl. The number of thioether (sulfide) groups is 1. The second-order valence-corrected chi connectivity index (χ2v) is 7.24. The lowest BCUT2D eigenvalue weighted by molar-refractivity contribution is -0.119. The van der Waals surface area contributed by atoms with Crippen LogP contribution in [0.4, 0.5) is 0 Å². The Balaban J connectivity index is 0.00000288. The summed E-state index contributed by atoms with van der Waals surface area (Å²) >= 11 is 1.37. The Morgan fingerprint density at radius 2 is 1.96 bits per heavy atom. The van der Waals surface area contributed by atoms with Crippen LogP contribution in [0.15, 0.2) is 29.2 Å². The maximum absolute atomic E-state index is 12.4. The van der Waals surface area contributed by atoms with Gasteiger partial charge in [-0.05, 0) is 44.7 Å². The molecule has 0 saturated heterocycles. The third kappa shape index (κ3) is 6.71. The molecule has 1 aliphatic carbocycles. The molecule has 1 aromatic rings. The van der Waals surface area contributed by atoms with E-state index in [9.17, 15) is 9.59 Å². The molecule has 0 radical (unpaired) electrons. The lowest BCUT2D eigenvalue weighted by Crippen LogP contribution is -2.38. The predicted molar refractivity (Wildman–Crippen MR) is 101 cm³/mol. The highest BCUT2D eigenvalue weighted by Gasteiger charge is 2.28. The Morgan fingerprint density at radius 3 is 2.58 bits per heavy atom. The van der Waals surface area contributed by atoms with Crippen LogP contribution in [0.5, 0.6) is 0 Å². The molecular formula is C17H26ClN3O2S. The normalized spacial score (nSPS) is 14.7. The van der Waals surface area contributed by atoms with Crippen LogP contribution in [0.2, 0.25) is 0 Å². The molecule has 2 amide bonds. The highest BCUT2D eigenvalue weighted by atomic mass is 35.5. The molecule has 1 fully saturated rings. The highest BCUT2D eigenvalue weighted by Crippen LogP contribution is 2.31. The molecule has 0 aromatic heterocycles. The number of hydrogen-bond donors (Lipinski definition) is 3. The molecule has 1 atom stereocenters. The van der Waals surface area contributed by atoms with E-state index in [0.717, 1.165) is 17.7 Å². The number of nitrogens with two attached hydrogens (primary N) is 1. The minimum Gasteiger partial charge on any atom is -0.353 e. The van der Waals surface area contributed by atoms with E-state index < -0.39 is 0 Å². The van der Waals surface area contributed by atoms with Crippen molar-refractivity contribution in [1.29, 1.82) is 0 Å². The summed E-state index contributed by atoms with van der Waals surface area (Å²) in [6.45, 7) is 4.34. The van der Waals surface area contributed by atoms with Crippen LogP contribution in [-0.4, -0.2) is 36.2 Å². The van der Waals surface area contributed by atoms with Crippen LogP contribution >= 0.6 is 24.2 Å². The largest absolute Gasteiger partial charge is 0.353 e. The zero-order valence-corrected chi connectivity index (χ0v) is 15.7. The lowest BCUT2D eigenvalue weighted by Gasteiger charge is -2.14. The van der Waals surface area contributed by atoms with Gasteiger partial charge >= 0.3 is 0 Å². The number of rotatable bonds is 8. The van der Waals surface area contributed by atoms with Crippen molar-refractivity contribution in [1.82, 2.24) is 10.6 Å². The van der Waals surface area contributed by atoms with Gasteiger partial charge in [-0.25, -0.2) is 0 Å². The van der Waals surface area contributed by atoms with Gasteiger partial charge < -0.3 is 16.4 Å².